The Labute approximate surface area is 173 Å². The summed E-state index contributed by atoms with van der Waals surface area (Å²) in [7, 11) is -1.97. The van der Waals surface area contributed by atoms with E-state index in [4.69, 9.17) is 0 Å². The molecule has 2 aromatic carbocycles. The van der Waals surface area contributed by atoms with Crippen molar-refractivity contribution in [1.82, 2.24) is 10.6 Å². The molecule has 0 saturated carbocycles. The van der Waals surface area contributed by atoms with Crippen LogP contribution in [0.3, 0.4) is 0 Å². The van der Waals surface area contributed by atoms with Gasteiger partial charge in [-0.15, -0.1) is 12.4 Å². The minimum absolute atomic E-state index is 0. The molecule has 0 aromatic heterocycles. The van der Waals surface area contributed by atoms with Gasteiger partial charge in [0.25, 0.3) is 15.9 Å². The van der Waals surface area contributed by atoms with Crippen LogP contribution in [0.2, 0.25) is 0 Å². The number of halogens is 1. The number of rotatable bonds is 10. The number of hydrogen-bond acceptors (Lipinski definition) is 4. The summed E-state index contributed by atoms with van der Waals surface area (Å²) in [5, 5.41) is 5.71. The highest BCUT2D eigenvalue weighted by molar-refractivity contribution is 7.92. The molecule has 8 heteroatoms. The summed E-state index contributed by atoms with van der Waals surface area (Å²) in [6.07, 6.45) is 1.63. The Balaban J connectivity index is 0.00000392. The monoisotopic (exact) mass is 425 g/mol. The highest BCUT2D eigenvalue weighted by Crippen LogP contribution is 2.24. The Morgan fingerprint density at radius 3 is 2.39 bits per heavy atom. The molecule has 0 saturated heterocycles. The van der Waals surface area contributed by atoms with Crippen LogP contribution >= 0.6 is 12.4 Å². The van der Waals surface area contributed by atoms with Gasteiger partial charge < -0.3 is 10.6 Å². The van der Waals surface area contributed by atoms with E-state index in [2.05, 4.69) is 10.6 Å². The molecule has 2 aromatic rings. The number of benzene rings is 2. The molecule has 1 amide bonds. The number of carbonyl (C=O) groups is 1. The summed E-state index contributed by atoms with van der Waals surface area (Å²) in [5.41, 5.74) is 0.950. The summed E-state index contributed by atoms with van der Waals surface area (Å²) >= 11 is 0. The first-order valence-corrected chi connectivity index (χ1v) is 10.6. The zero-order valence-electron chi connectivity index (χ0n) is 16.2. The molecule has 0 aliphatic heterocycles. The van der Waals surface area contributed by atoms with Gasteiger partial charge in [-0.2, -0.15) is 0 Å². The van der Waals surface area contributed by atoms with Gasteiger partial charge in [-0.3, -0.25) is 9.10 Å². The fourth-order valence-corrected chi connectivity index (χ4v) is 4.16. The lowest BCUT2D eigenvalue weighted by molar-refractivity contribution is 0.0954. The zero-order chi connectivity index (χ0) is 19.7. The van der Waals surface area contributed by atoms with Crippen molar-refractivity contribution in [2.75, 3.05) is 31.0 Å². The lowest BCUT2D eigenvalue weighted by atomic mass is 10.2. The Morgan fingerprint density at radius 1 is 1.04 bits per heavy atom. The van der Waals surface area contributed by atoms with Gasteiger partial charge in [0.2, 0.25) is 0 Å². The second-order valence-corrected chi connectivity index (χ2v) is 8.02. The zero-order valence-corrected chi connectivity index (χ0v) is 17.9. The third-order valence-electron chi connectivity index (χ3n) is 4.10. The number of amides is 1. The summed E-state index contributed by atoms with van der Waals surface area (Å²) in [6, 6.07) is 15.2. The van der Waals surface area contributed by atoms with Crippen molar-refractivity contribution < 1.29 is 13.2 Å². The van der Waals surface area contributed by atoms with Crippen molar-refractivity contribution in [2.24, 2.45) is 0 Å². The van der Waals surface area contributed by atoms with Crippen molar-refractivity contribution in [2.45, 2.75) is 24.7 Å². The molecule has 0 heterocycles. The minimum Gasteiger partial charge on any atom is -0.351 e. The maximum Gasteiger partial charge on any atom is 0.264 e. The Morgan fingerprint density at radius 2 is 1.75 bits per heavy atom. The van der Waals surface area contributed by atoms with Gasteiger partial charge in [-0.1, -0.05) is 37.6 Å². The third kappa shape index (κ3) is 6.22. The average Bonchev–Trinajstić information content (AvgIpc) is 2.69. The second-order valence-electron chi connectivity index (χ2n) is 6.15. The first kappa shape index (κ1) is 23.9. The van der Waals surface area contributed by atoms with Gasteiger partial charge in [-0.25, -0.2) is 8.42 Å². The molecule has 2 N–H and O–H groups in total. The van der Waals surface area contributed by atoms with Crippen molar-refractivity contribution in [3.63, 3.8) is 0 Å². The maximum absolute atomic E-state index is 13.3. The van der Waals surface area contributed by atoms with E-state index in [-0.39, 0.29) is 23.2 Å². The molecule has 0 radical (unpaired) electrons. The topological polar surface area (TPSA) is 78.5 Å². The fourth-order valence-electron chi connectivity index (χ4n) is 2.61. The molecule has 0 atom stereocenters. The summed E-state index contributed by atoms with van der Waals surface area (Å²) in [5.74, 6) is -0.290. The van der Waals surface area contributed by atoms with E-state index in [1.165, 1.54) is 16.4 Å². The van der Waals surface area contributed by atoms with Crippen LogP contribution in [-0.2, 0) is 10.0 Å². The second kappa shape index (κ2) is 11.7. The molecule has 0 spiro atoms. The van der Waals surface area contributed by atoms with E-state index in [1.54, 1.807) is 31.3 Å². The van der Waals surface area contributed by atoms with Gasteiger partial charge in [0.15, 0.2) is 0 Å². The largest absolute Gasteiger partial charge is 0.351 e. The first-order valence-electron chi connectivity index (χ1n) is 9.11. The predicted octanol–water partition coefficient (Wildman–Crippen LogP) is 3.05. The third-order valence-corrected chi connectivity index (χ3v) is 5.93. The van der Waals surface area contributed by atoms with Crippen LogP contribution in [0.4, 0.5) is 5.69 Å². The maximum atomic E-state index is 13.3. The van der Waals surface area contributed by atoms with E-state index in [0.29, 0.717) is 30.9 Å². The minimum atomic E-state index is -3.77. The summed E-state index contributed by atoms with van der Waals surface area (Å²) < 4.78 is 27.9. The molecule has 6 nitrogen and oxygen atoms in total. The average molecular weight is 426 g/mol. The fraction of sp³-hybridized carbons (Fsp3) is 0.350. The van der Waals surface area contributed by atoms with Gasteiger partial charge in [0.1, 0.15) is 0 Å². The quantitative estimate of drug-likeness (QED) is 0.573. The van der Waals surface area contributed by atoms with E-state index < -0.39 is 10.0 Å². The molecule has 0 unspecified atom stereocenters. The number of nitrogens with zero attached hydrogens (tertiary/aromatic N) is 1. The number of carbonyl (C=O) groups excluding carboxylic acids is 1. The van der Waals surface area contributed by atoms with E-state index in [9.17, 15) is 13.2 Å². The molecule has 0 aliphatic rings. The van der Waals surface area contributed by atoms with Crippen LogP contribution in [0.25, 0.3) is 0 Å². The highest BCUT2D eigenvalue weighted by atomic mass is 35.5. The number of sulfonamides is 1. The van der Waals surface area contributed by atoms with Gasteiger partial charge in [0, 0.05) is 25.2 Å². The molecule has 154 valence electrons. The molecule has 0 aliphatic carbocycles. The van der Waals surface area contributed by atoms with Crippen molar-refractivity contribution in [3.05, 3.63) is 60.2 Å². The molecular weight excluding hydrogens is 398 g/mol. The SMILES string of the molecule is CCCCN(c1ccccc1)S(=O)(=O)c1cccc(C(=O)NCCNC)c1.Cl. The van der Waals surface area contributed by atoms with E-state index in [1.807, 2.05) is 25.1 Å². The van der Waals surface area contributed by atoms with Crippen molar-refractivity contribution >= 4 is 34.0 Å². The smallest absolute Gasteiger partial charge is 0.264 e. The highest BCUT2D eigenvalue weighted by Gasteiger charge is 2.25. The number of anilines is 1. The molecular formula is C20H28ClN3O3S. The van der Waals surface area contributed by atoms with Crippen molar-refractivity contribution in [1.29, 1.82) is 0 Å². The summed E-state index contributed by atoms with van der Waals surface area (Å²) in [6.45, 7) is 3.52. The predicted molar refractivity (Wildman–Crippen MR) is 116 cm³/mol. The standard InChI is InChI=1S/C20H27N3O3S.ClH/c1-3-4-15-23(18-10-6-5-7-11-18)27(25,26)19-12-8-9-17(16-19)20(24)22-14-13-21-2;/h5-12,16,21H,3-4,13-15H2,1-2H3,(H,22,24);1H. The number of likely N-dealkylation sites (N-methyl/N-ethyl adjacent to an activating group) is 1. The van der Waals surface area contributed by atoms with Crippen LogP contribution in [0.5, 0.6) is 0 Å². The van der Waals surface area contributed by atoms with E-state index >= 15 is 0 Å². The number of nitrogens with one attached hydrogen (secondary N) is 2. The number of hydrogen-bond donors (Lipinski definition) is 2. The molecule has 0 fully saturated rings. The van der Waals surface area contributed by atoms with Crippen molar-refractivity contribution in [3.8, 4) is 0 Å². The van der Waals surface area contributed by atoms with Gasteiger partial charge >= 0.3 is 0 Å². The number of unbranched alkanes of at least 4 members (excludes halogenated alkanes) is 1. The molecule has 2 rings (SSSR count). The molecule has 0 bridgehead atoms. The Hall–Kier alpha value is -2.09. The Bertz CT molecular complexity index is 845. The summed E-state index contributed by atoms with van der Waals surface area (Å²) in [4.78, 5) is 12.4. The van der Waals surface area contributed by atoms with Crippen LogP contribution in [0.1, 0.15) is 30.1 Å². The van der Waals surface area contributed by atoms with Gasteiger partial charge in [-0.05, 0) is 43.8 Å². The normalized spacial score (nSPS) is 10.8. The molecule has 28 heavy (non-hydrogen) atoms. The Kier molecular flexibility index (Phi) is 9.99. The lowest BCUT2D eigenvalue weighted by Crippen LogP contribution is -2.33. The first-order chi connectivity index (χ1) is 13.0. The van der Waals surface area contributed by atoms with Crippen LogP contribution < -0.4 is 14.9 Å². The van der Waals surface area contributed by atoms with Crippen LogP contribution in [-0.4, -0.2) is 41.0 Å². The van der Waals surface area contributed by atoms with Gasteiger partial charge in [0.05, 0.1) is 10.6 Å². The lowest BCUT2D eigenvalue weighted by Gasteiger charge is -2.24. The number of para-hydroxylation sites is 1. The van der Waals surface area contributed by atoms with E-state index in [0.717, 1.165) is 12.8 Å². The van der Waals surface area contributed by atoms with Crippen LogP contribution in [0.15, 0.2) is 59.5 Å². The van der Waals surface area contributed by atoms with Crippen LogP contribution in [0, 0.1) is 0 Å².